The predicted molar refractivity (Wildman–Crippen MR) is 103 cm³/mol. The van der Waals surface area contributed by atoms with E-state index in [1.165, 1.54) is 12.0 Å². The molecule has 1 aliphatic heterocycles. The van der Waals surface area contributed by atoms with Crippen molar-refractivity contribution >= 4 is 10.0 Å². The van der Waals surface area contributed by atoms with Crippen LogP contribution in [0.4, 0.5) is 0 Å². The molecule has 5 nitrogen and oxygen atoms in total. The van der Waals surface area contributed by atoms with Crippen LogP contribution in [0.3, 0.4) is 0 Å². The third kappa shape index (κ3) is 3.58. The summed E-state index contributed by atoms with van der Waals surface area (Å²) in [6.45, 7) is 3.06. The molecule has 146 valence electrons. The average molecular weight is 382 g/mol. The normalized spacial score (nSPS) is 20.0. The molecule has 3 rings (SSSR count). The zero-order valence-corrected chi connectivity index (χ0v) is 17.0. The topological polar surface area (TPSA) is 55.8 Å². The molecule has 1 fully saturated rings. The number of ether oxygens (including phenoxy) is 2. The van der Waals surface area contributed by atoms with Gasteiger partial charge in [0.1, 0.15) is 0 Å². The highest BCUT2D eigenvalue weighted by Crippen LogP contribution is 2.48. The molecule has 0 unspecified atom stereocenters. The monoisotopic (exact) mass is 381 g/mol. The number of fused-ring (bicyclic) bond motifs is 2. The van der Waals surface area contributed by atoms with Crippen molar-refractivity contribution in [3.63, 3.8) is 0 Å². The summed E-state index contributed by atoms with van der Waals surface area (Å²) in [5.41, 5.74) is 2.23. The number of nitrogens with zero attached hydrogens (tertiary/aromatic N) is 1. The molecule has 1 aromatic rings. The van der Waals surface area contributed by atoms with Crippen molar-refractivity contribution in [3.8, 4) is 11.5 Å². The van der Waals surface area contributed by atoms with E-state index < -0.39 is 10.0 Å². The molecule has 1 saturated carbocycles. The van der Waals surface area contributed by atoms with Crippen LogP contribution in [0.25, 0.3) is 0 Å². The molecule has 0 aromatic heterocycles. The maximum absolute atomic E-state index is 12.9. The van der Waals surface area contributed by atoms with Gasteiger partial charge in [0.25, 0.3) is 0 Å². The van der Waals surface area contributed by atoms with Gasteiger partial charge in [-0.2, -0.15) is 4.31 Å². The van der Waals surface area contributed by atoms with Gasteiger partial charge in [-0.3, -0.25) is 0 Å². The van der Waals surface area contributed by atoms with Gasteiger partial charge in [0.05, 0.1) is 20.0 Å². The van der Waals surface area contributed by atoms with Crippen LogP contribution in [-0.4, -0.2) is 39.2 Å². The Balaban J connectivity index is 2.05. The van der Waals surface area contributed by atoms with E-state index in [9.17, 15) is 8.42 Å². The van der Waals surface area contributed by atoms with E-state index in [0.717, 1.165) is 43.4 Å². The maximum atomic E-state index is 12.9. The summed E-state index contributed by atoms with van der Waals surface area (Å²) in [6.07, 6.45) is 7.20. The molecule has 26 heavy (non-hydrogen) atoms. The van der Waals surface area contributed by atoms with Gasteiger partial charge in [-0.15, -0.1) is 0 Å². The number of unbranched alkanes of at least 4 members (excludes halogenated alkanes) is 1. The first-order valence-electron chi connectivity index (χ1n) is 9.69. The number of sulfonamides is 1. The average Bonchev–Trinajstić information content (AvgIpc) is 2.66. The van der Waals surface area contributed by atoms with Gasteiger partial charge in [0.15, 0.2) is 11.5 Å². The molecule has 1 heterocycles. The second kappa shape index (κ2) is 7.77. The lowest BCUT2D eigenvalue weighted by atomic mass is 9.66. The molecule has 1 aliphatic carbocycles. The van der Waals surface area contributed by atoms with Crippen LogP contribution in [0.2, 0.25) is 0 Å². The fourth-order valence-electron chi connectivity index (χ4n) is 4.52. The molecule has 2 aliphatic rings. The maximum Gasteiger partial charge on any atom is 0.214 e. The zero-order valence-electron chi connectivity index (χ0n) is 16.2. The van der Waals surface area contributed by atoms with E-state index in [0.29, 0.717) is 25.3 Å². The Morgan fingerprint density at radius 1 is 1.08 bits per heavy atom. The van der Waals surface area contributed by atoms with Crippen molar-refractivity contribution in [3.05, 3.63) is 23.3 Å². The van der Waals surface area contributed by atoms with Crippen LogP contribution < -0.4 is 9.47 Å². The van der Waals surface area contributed by atoms with Crippen LogP contribution in [0, 0.1) is 0 Å². The Hall–Kier alpha value is -1.27. The van der Waals surface area contributed by atoms with Crippen LogP contribution in [-0.2, 0) is 22.0 Å². The van der Waals surface area contributed by atoms with Crippen LogP contribution in [0.1, 0.15) is 63.0 Å². The van der Waals surface area contributed by atoms with Crippen molar-refractivity contribution in [2.45, 2.75) is 63.8 Å². The molecule has 1 aromatic carbocycles. The standard InChI is InChI=1S/C20H31NO4S/c1-4-5-11-26(22,23)21-14-16-12-18(24-2)19(25-3)13-17(16)20(15-21)9-7-6-8-10-20/h12-13H,4-11,14-15H2,1-3H3. The SMILES string of the molecule is CCCCS(=O)(=O)N1Cc2cc(OC)c(OC)cc2C2(CCCCC2)C1. The molecule has 0 bridgehead atoms. The molecule has 6 heteroatoms. The van der Waals surface area contributed by atoms with E-state index in [1.54, 1.807) is 18.5 Å². The fourth-order valence-corrected chi connectivity index (χ4v) is 6.21. The Labute approximate surface area is 157 Å². The molecule has 0 amide bonds. The first kappa shape index (κ1) is 19.5. The Morgan fingerprint density at radius 2 is 1.73 bits per heavy atom. The first-order valence-corrected chi connectivity index (χ1v) is 11.3. The lowest BCUT2D eigenvalue weighted by molar-refractivity contribution is 0.204. The fraction of sp³-hybridized carbons (Fsp3) is 0.700. The largest absolute Gasteiger partial charge is 0.493 e. The van der Waals surface area contributed by atoms with Crippen molar-refractivity contribution < 1.29 is 17.9 Å². The summed E-state index contributed by atoms with van der Waals surface area (Å²) < 4.78 is 38.6. The van der Waals surface area contributed by atoms with Gasteiger partial charge >= 0.3 is 0 Å². The van der Waals surface area contributed by atoms with Crippen molar-refractivity contribution in [2.75, 3.05) is 26.5 Å². The number of methoxy groups -OCH3 is 2. The third-order valence-corrected chi connectivity index (χ3v) is 7.82. The van der Waals surface area contributed by atoms with E-state index in [2.05, 4.69) is 6.07 Å². The molecular formula is C20H31NO4S. The minimum absolute atomic E-state index is 0.0926. The molecule has 0 N–H and O–H groups in total. The summed E-state index contributed by atoms with van der Waals surface area (Å²) in [7, 11) is 0.0416. The van der Waals surface area contributed by atoms with Crippen LogP contribution in [0.15, 0.2) is 12.1 Å². The van der Waals surface area contributed by atoms with Gasteiger partial charge < -0.3 is 9.47 Å². The molecule has 0 saturated heterocycles. The van der Waals surface area contributed by atoms with Gasteiger partial charge in [0, 0.05) is 18.5 Å². The molecule has 1 spiro atoms. The number of rotatable bonds is 6. The smallest absolute Gasteiger partial charge is 0.214 e. The highest BCUT2D eigenvalue weighted by molar-refractivity contribution is 7.89. The number of benzene rings is 1. The van der Waals surface area contributed by atoms with Crippen LogP contribution >= 0.6 is 0 Å². The van der Waals surface area contributed by atoms with Crippen molar-refractivity contribution in [2.24, 2.45) is 0 Å². The minimum Gasteiger partial charge on any atom is -0.493 e. The third-order valence-electron chi connectivity index (χ3n) is 5.97. The van der Waals surface area contributed by atoms with E-state index in [4.69, 9.17) is 9.47 Å². The Bertz CT molecular complexity index is 738. The van der Waals surface area contributed by atoms with E-state index in [-0.39, 0.29) is 11.2 Å². The second-order valence-corrected chi connectivity index (χ2v) is 9.73. The van der Waals surface area contributed by atoms with Gasteiger partial charge in [-0.1, -0.05) is 32.6 Å². The van der Waals surface area contributed by atoms with Crippen LogP contribution in [0.5, 0.6) is 11.5 Å². The lowest BCUT2D eigenvalue weighted by Crippen LogP contribution is -2.49. The van der Waals surface area contributed by atoms with E-state index in [1.807, 2.05) is 13.0 Å². The highest BCUT2D eigenvalue weighted by atomic mass is 32.2. The summed E-state index contributed by atoms with van der Waals surface area (Å²) in [5, 5.41) is 0. The summed E-state index contributed by atoms with van der Waals surface area (Å²) in [4.78, 5) is 0. The number of hydrogen-bond acceptors (Lipinski definition) is 4. The quantitative estimate of drug-likeness (QED) is 0.751. The lowest BCUT2D eigenvalue weighted by Gasteiger charge is -2.46. The second-order valence-electron chi connectivity index (χ2n) is 7.64. The molecule has 0 atom stereocenters. The summed E-state index contributed by atoms with van der Waals surface area (Å²) in [5.74, 6) is 1.64. The number of hydrogen-bond donors (Lipinski definition) is 0. The zero-order chi connectivity index (χ0) is 18.8. The Kier molecular flexibility index (Phi) is 5.82. The van der Waals surface area contributed by atoms with Gasteiger partial charge in [-0.05, 0) is 42.5 Å². The Morgan fingerprint density at radius 3 is 2.35 bits per heavy atom. The predicted octanol–water partition coefficient (Wildman–Crippen LogP) is 3.85. The molecule has 0 radical (unpaired) electrons. The minimum atomic E-state index is -3.24. The highest BCUT2D eigenvalue weighted by Gasteiger charge is 2.44. The van der Waals surface area contributed by atoms with E-state index >= 15 is 0 Å². The van der Waals surface area contributed by atoms with Crippen molar-refractivity contribution in [1.29, 1.82) is 0 Å². The summed E-state index contributed by atoms with van der Waals surface area (Å²) >= 11 is 0. The summed E-state index contributed by atoms with van der Waals surface area (Å²) in [6, 6.07) is 4.07. The molecular weight excluding hydrogens is 350 g/mol. The van der Waals surface area contributed by atoms with Crippen molar-refractivity contribution in [1.82, 2.24) is 4.31 Å². The van der Waals surface area contributed by atoms with Gasteiger partial charge in [0.2, 0.25) is 10.0 Å². The first-order chi connectivity index (χ1) is 12.5. The van der Waals surface area contributed by atoms with Gasteiger partial charge in [-0.25, -0.2) is 8.42 Å².